The van der Waals surface area contributed by atoms with Gasteiger partial charge < -0.3 is 15.2 Å². The highest BCUT2D eigenvalue weighted by atomic mass is 16.6. The molecule has 1 rings (SSSR count). The standard InChI is InChI=1S/C17H26N2O4/c1-9-11(3)15(19-16(22)23-17(5,6)7)12(4)10(2)14(9)18-8-13(20)21/h18H,8H2,1-7H3,(H,19,22)(H,20,21). The van der Waals surface area contributed by atoms with Crippen LogP contribution in [0, 0.1) is 27.7 Å². The number of rotatable bonds is 4. The monoisotopic (exact) mass is 322 g/mol. The molecule has 6 heteroatoms. The summed E-state index contributed by atoms with van der Waals surface area (Å²) in [7, 11) is 0. The van der Waals surface area contributed by atoms with Crippen LogP contribution < -0.4 is 10.6 Å². The number of carbonyl (C=O) groups excluding carboxylic acids is 1. The van der Waals surface area contributed by atoms with Gasteiger partial charge in [-0.2, -0.15) is 0 Å². The van der Waals surface area contributed by atoms with E-state index in [1.54, 1.807) is 0 Å². The van der Waals surface area contributed by atoms with E-state index in [4.69, 9.17) is 9.84 Å². The highest BCUT2D eigenvalue weighted by molar-refractivity contribution is 5.89. The van der Waals surface area contributed by atoms with Crippen LogP contribution in [0.1, 0.15) is 43.0 Å². The highest BCUT2D eigenvalue weighted by Crippen LogP contribution is 2.34. The van der Waals surface area contributed by atoms with Crippen molar-refractivity contribution in [2.24, 2.45) is 0 Å². The fourth-order valence-electron chi connectivity index (χ4n) is 2.33. The number of carboxylic acids is 1. The van der Waals surface area contributed by atoms with Gasteiger partial charge in [0, 0.05) is 5.69 Å². The molecule has 1 amide bonds. The maximum absolute atomic E-state index is 12.0. The van der Waals surface area contributed by atoms with Gasteiger partial charge in [0.1, 0.15) is 12.1 Å². The lowest BCUT2D eigenvalue weighted by Gasteiger charge is -2.24. The van der Waals surface area contributed by atoms with Crippen molar-refractivity contribution in [3.05, 3.63) is 22.3 Å². The van der Waals surface area contributed by atoms with Gasteiger partial charge in [-0.3, -0.25) is 10.1 Å². The van der Waals surface area contributed by atoms with Gasteiger partial charge in [-0.25, -0.2) is 4.79 Å². The van der Waals surface area contributed by atoms with E-state index in [1.807, 2.05) is 48.5 Å². The van der Waals surface area contributed by atoms with E-state index < -0.39 is 17.7 Å². The summed E-state index contributed by atoms with van der Waals surface area (Å²) in [5, 5.41) is 14.6. The number of carbonyl (C=O) groups is 2. The average Bonchev–Trinajstić information content (AvgIpc) is 2.39. The largest absolute Gasteiger partial charge is 0.480 e. The van der Waals surface area contributed by atoms with Crippen LogP contribution in [0.15, 0.2) is 0 Å². The summed E-state index contributed by atoms with van der Waals surface area (Å²) < 4.78 is 5.30. The lowest BCUT2D eigenvalue weighted by Crippen LogP contribution is -2.28. The number of anilines is 2. The molecule has 1 aromatic carbocycles. The average molecular weight is 322 g/mol. The molecule has 1 aromatic rings. The topological polar surface area (TPSA) is 87.7 Å². The number of hydrogen-bond donors (Lipinski definition) is 3. The fourth-order valence-corrected chi connectivity index (χ4v) is 2.33. The van der Waals surface area contributed by atoms with Crippen molar-refractivity contribution >= 4 is 23.4 Å². The molecule has 0 spiro atoms. The van der Waals surface area contributed by atoms with Gasteiger partial charge in [0.05, 0.1) is 5.69 Å². The Morgan fingerprint density at radius 1 is 0.957 bits per heavy atom. The lowest BCUT2D eigenvalue weighted by atomic mass is 9.95. The Labute approximate surface area is 137 Å². The molecule has 0 radical (unpaired) electrons. The molecule has 0 aliphatic carbocycles. The third kappa shape index (κ3) is 4.87. The Balaban J connectivity index is 3.16. The number of aliphatic carboxylic acids is 1. The molecular weight excluding hydrogens is 296 g/mol. The molecule has 128 valence electrons. The van der Waals surface area contributed by atoms with Crippen molar-refractivity contribution < 1.29 is 19.4 Å². The molecule has 0 aromatic heterocycles. The van der Waals surface area contributed by atoms with Crippen LogP contribution in [0.2, 0.25) is 0 Å². The van der Waals surface area contributed by atoms with Gasteiger partial charge in [0.2, 0.25) is 0 Å². The third-order valence-corrected chi connectivity index (χ3v) is 3.67. The number of carboxylic acid groups (broad SMARTS) is 1. The Morgan fingerprint density at radius 3 is 1.78 bits per heavy atom. The molecule has 0 saturated heterocycles. The molecule has 0 aliphatic rings. The molecule has 23 heavy (non-hydrogen) atoms. The normalized spacial score (nSPS) is 11.1. The quantitative estimate of drug-likeness (QED) is 0.785. The molecule has 6 nitrogen and oxygen atoms in total. The SMILES string of the molecule is Cc1c(C)c(NC(=O)OC(C)(C)C)c(C)c(C)c1NCC(=O)O. The Kier molecular flexibility index (Phi) is 5.64. The summed E-state index contributed by atoms with van der Waals surface area (Å²) in [5.74, 6) is -0.921. The fraction of sp³-hybridized carbons (Fsp3) is 0.529. The van der Waals surface area contributed by atoms with E-state index in [9.17, 15) is 9.59 Å². The molecule has 0 aliphatic heterocycles. The number of hydrogen-bond acceptors (Lipinski definition) is 4. The lowest BCUT2D eigenvalue weighted by molar-refractivity contribution is -0.134. The molecule has 3 N–H and O–H groups in total. The summed E-state index contributed by atoms with van der Waals surface area (Å²) in [5.41, 5.74) is 4.49. The zero-order valence-corrected chi connectivity index (χ0v) is 14.9. The maximum atomic E-state index is 12.0. The molecule has 0 fully saturated rings. The first kappa shape index (κ1) is 18.8. The molecule has 0 atom stereocenters. The molecule has 0 heterocycles. The molecule has 0 saturated carbocycles. The van der Waals surface area contributed by atoms with Crippen molar-refractivity contribution in [1.29, 1.82) is 0 Å². The van der Waals surface area contributed by atoms with Gasteiger partial charge in [0.15, 0.2) is 0 Å². The van der Waals surface area contributed by atoms with Crippen LogP contribution in [-0.4, -0.2) is 29.3 Å². The van der Waals surface area contributed by atoms with Crippen LogP contribution in [0.25, 0.3) is 0 Å². The second-order valence-corrected chi connectivity index (χ2v) is 6.62. The smallest absolute Gasteiger partial charge is 0.412 e. The zero-order valence-electron chi connectivity index (χ0n) is 14.9. The van der Waals surface area contributed by atoms with Gasteiger partial charge in [-0.1, -0.05) is 0 Å². The van der Waals surface area contributed by atoms with Crippen molar-refractivity contribution in [2.45, 2.75) is 54.1 Å². The molecule has 0 bridgehead atoms. The number of ether oxygens (including phenoxy) is 1. The summed E-state index contributed by atoms with van der Waals surface area (Å²) in [6.45, 7) is 12.8. The molecular formula is C17H26N2O4. The third-order valence-electron chi connectivity index (χ3n) is 3.67. The van der Waals surface area contributed by atoms with Crippen LogP contribution in [0.5, 0.6) is 0 Å². The van der Waals surface area contributed by atoms with Crippen LogP contribution >= 0.6 is 0 Å². The van der Waals surface area contributed by atoms with E-state index >= 15 is 0 Å². The maximum Gasteiger partial charge on any atom is 0.412 e. The summed E-state index contributed by atoms with van der Waals surface area (Å²) >= 11 is 0. The Bertz CT molecular complexity index is 601. The van der Waals surface area contributed by atoms with Crippen molar-refractivity contribution in [1.82, 2.24) is 0 Å². The minimum absolute atomic E-state index is 0.153. The first-order valence-corrected chi connectivity index (χ1v) is 7.50. The predicted octanol–water partition coefficient (Wildman–Crippen LogP) is 3.76. The second-order valence-electron chi connectivity index (χ2n) is 6.62. The van der Waals surface area contributed by atoms with Gasteiger partial charge >= 0.3 is 12.1 Å². The zero-order chi connectivity index (χ0) is 17.9. The highest BCUT2D eigenvalue weighted by Gasteiger charge is 2.20. The van der Waals surface area contributed by atoms with Crippen LogP contribution in [-0.2, 0) is 9.53 Å². The van der Waals surface area contributed by atoms with Crippen molar-refractivity contribution in [2.75, 3.05) is 17.2 Å². The first-order valence-electron chi connectivity index (χ1n) is 7.50. The Hall–Kier alpha value is -2.24. The molecule has 0 unspecified atom stereocenters. The summed E-state index contributed by atoms with van der Waals surface area (Å²) in [6.07, 6.45) is -0.506. The van der Waals surface area contributed by atoms with E-state index in [1.165, 1.54) is 0 Å². The van der Waals surface area contributed by atoms with E-state index in [0.29, 0.717) is 5.69 Å². The van der Waals surface area contributed by atoms with Crippen molar-refractivity contribution in [3.63, 3.8) is 0 Å². The van der Waals surface area contributed by atoms with E-state index in [0.717, 1.165) is 27.9 Å². The minimum atomic E-state index is -0.921. The Morgan fingerprint density at radius 2 is 1.39 bits per heavy atom. The number of nitrogens with one attached hydrogen (secondary N) is 2. The number of benzene rings is 1. The van der Waals surface area contributed by atoms with Gasteiger partial charge in [-0.05, 0) is 70.7 Å². The number of amides is 1. The van der Waals surface area contributed by atoms with Gasteiger partial charge in [-0.15, -0.1) is 0 Å². The minimum Gasteiger partial charge on any atom is -0.480 e. The predicted molar refractivity (Wildman–Crippen MR) is 91.4 cm³/mol. The van der Waals surface area contributed by atoms with E-state index in [2.05, 4.69) is 10.6 Å². The van der Waals surface area contributed by atoms with E-state index in [-0.39, 0.29) is 6.54 Å². The second kappa shape index (κ2) is 6.89. The first-order chi connectivity index (χ1) is 10.4. The van der Waals surface area contributed by atoms with Crippen LogP contribution in [0.4, 0.5) is 16.2 Å². The van der Waals surface area contributed by atoms with Crippen molar-refractivity contribution in [3.8, 4) is 0 Å². The summed E-state index contributed by atoms with van der Waals surface area (Å²) in [6, 6.07) is 0. The van der Waals surface area contributed by atoms with Crippen LogP contribution in [0.3, 0.4) is 0 Å². The summed E-state index contributed by atoms with van der Waals surface area (Å²) in [4.78, 5) is 22.8. The van der Waals surface area contributed by atoms with Gasteiger partial charge in [0.25, 0.3) is 0 Å².